The molecule has 0 spiro atoms. The zero-order valence-electron chi connectivity index (χ0n) is 10.6. The van der Waals surface area contributed by atoms with E-state index in [4.69, 9.17) is 11.6 Å². The van der Waals surface area contributed by atoms with Gasteiger partial charge in [0, 0.05) is 7.05 Å². The standard InChI is InChI=1S/C11H8ClN3O5S/c1-13-4-6(15(19)20)10(17)14(11(13)18)5-7(16)8-2-3-9(12)21-8/h2-4H,5H2,1H3. The summed E-state index contributed by atoms with van der Waals surface area (Å²) in [5, 5.41) is 10.8. The molecule has 8 nitrogen and oxygen atoms in total. The van der Waals surface area contributed by atoms with Gasteiger partial charge in [0.25, 0.3) is 0 Å². The lowest BCUT2D eigenvalue weighted by Crippen LogP contribution is -2.41. The van der Waals surface area contributed by atoms with Crippen LogP contribution in [0.4, 0.5) is 5.69 Å². The van der Waals surface area contributed by atoms with Crippen LogP contribution in [0.5, 0.6) is 0 Å². The van der Waals surface area contributed by atoms with E-state index < -0.39 is 34.2 Å². The van der Waals surface area contributed by atoms with Crippen molar-refractivity contribution in [2.24, 2.45) is 7.05 Å². The molecule has 0 atom stereocenters. The lowest BCUT2D eigenvalue weighted by Gasteiger charge is -2.05. The molecule has 0 bridgehead atoms. The third-order valence-corrected chi connectivity index (χ3v) is 3.93. The zero-order chi connectivity index (χ0) is 15.7. The maximum absolute atomic E-state index is 12.0. The third kappa shape index (κ3) is 2.93. The van der Waals surface area contributed by atoms with Crippen molar-refractivity contribution in [3.63, 3.8) is 0 Å². The van der Waals surface area contributed by atoms with E-state index in [0.29, 0.717) is 8.90 Å². The summed E-state index contributed by atoms with van der Waals surface area (Å²) >= 11 is 6.70. The van der Waals surface area contributed by atoms with E-state index in [9.17, 15) is 24.5 Å². The number of carbonyl (C=O) groups is 1. The first-order chi connectivity index (χ1) is 9.81. The zero-order valence-corrected chi connectivity index (χ0v) is 12.2. The van der Waals surface area contributed by atoms with E-state index in [1.807, 2.05) is 0 Å². The summed E-state index contributed by atoms with van der Waals surface area (Å²) in [7, 11) is 1.26. The van der Waals surface area contributed by atoms with E-state index in [1.54, 1.807) is 0 Å². The summed E-state index contributed by atoms with van der Waals surface area (Å²) in [6.07, 6.45) is 0.827. The molecule has 10 heteroatoms. The minimum absolute atomic E-state index is 0.264. The van der Waals surface area contributed by atoms with Crippen LogP contribution in [-0.2, 0) is 13.6 Å². The van der Waals surface area contributed by atoms with Crippen molar-refractivity contribution in [3.8, 4) is 0 Å². The van der Waals surface area contributed by atoms with E-state index >= 15 is 0 Å². The molecule has 0 N–H and O–H groups in total. The van der Waals surface area contributed by atoms with Gasteiger partial charge >= 0.3 is 16.9 Å². The Bertz CT molecular complexity index is 850. The normalized spacial score (nSPS) is 10.6. The molecular formula is C11H8ClN3O5S. The van der Waals surface area contributed by atoms with Gasteiger partial charge in [0.15, 0.2) is 5.78 Å². The second-order valence-electron chi connectivity index (χ2n) is 4.08. The highest BCUT2D eigenvalue weighted by atomic mass is 35.5. The van der Waals surface area contributed by atoms with Crippen molar-refractivity contribution in [2.45, 2.75) is 6.54 Å². The van der Waals surface area contributed by atoms with Gasteiger partial charge in [-0.2, -0.15) is 0 Å². The van der Waals surface area contributed by atoms with Crippen LogP contribution in [0.15, 0.2) is 27.9 Å². The maximum atomic E-state index is 12.0. The smallest absolute Gasteiger partial charge is 0.297 e. The number of hydrogen-bond donors (Lipinski definition) is 0. The Kier molecular flexibility index (Phi) is 4.05. The molecule has 0 radical (unpaired) electrons. The fraction of sp³-hybridized carbons (Fsp3) is 0.182. The molecule has 2 rings (SSSR count). The van der Waals surface area contributed by atoms with Gasteiger partial charge in [0.2, 0.25) is 0 Å². The molecule has 0 aliphatic heterocycles. The summed E-state index contributed by atoms with van der Waals surface area (Å²) in [5.74, 6) is -0.522. The van der Waals surface area contributed by atoms with Gasteiger partial charge < -0.3 is 0 Å². The van der Waals surface area contributed by atoms with E-state index in [-0.39, 0.29) is 4.88 Å². The summed E-state index contributed by atoms with van der Waals surface area (Å²) in [4.78, 5) is 45.9. The molecule has 0 aromatic carbocycles. The first-order valence-corrected chi connectivity index (χ1v) is 6.74. The number of nitro groups is 1. The predicted molar refractivity (Wildman–Crippen MR) is 76.3 cm³/mol. The van der Waals surface area contributed by atoms with Crippen LogP contribution < -0.4 is 11.2 Å². The van der Waals surface area contributed by atoms with E-state index in [1.165, 1.54) is 19.2 Å². The number of Topliss-reactive ketones (excluding diaryl/α,β-unsaturated/α-hetero) is 1. The molecule has 2 heterocycles. The molecular weight excluding hydrogens is 322 g/mol. The van der Waals surface area contributed by atoms with Crippen LogP contribution in [-0.4, -0.2) is 19.8 Å². The first-order valence-electron chi connectivity index (χ1n) is 5.54. The Morgan fingerprint density at radius 3 is 2.62 bits per heavy atom. The minimum Gasteiger partial charge on any atom is -0.297 e. The molecule has 0 aliphatic rings. The Morgan fingerprint density at radius 2 is 2.10 bits per heavy atom. The molecule has 21 heavy (non-hydrogen) atoms. The van der Waals surface area contributed by atoms with E-state index in [2.05, 4.69) is 0 Å². The Labute approximate surface area is 126 Å². The van der Waals surface area contributed by atoms with Crippen LogP contribution in [0.3, 0.4) is 0 Å². The Morgan fingerprint density at radius 1 is 1.43 bits per heavy atom. The largest absolute Gasteiger partial charge is 0.350 e. The molecule has 0 saturated carbocycles. The van der Waals surface area contributed by atoms with Gasteiger partial charge in [0.05, 0.1) is 26.9 Å². The highest BCUT2D eigenvalue weighted by Gasteiger charge is 2.21. The average Bonchev–Trinajstić information content (AvgIpc) is 2.85. The molecule has 0 aliphatic carbocycles. The molecule has 0 amide bonds. The van der Waals surface area contributed by atoms with Crippen molar-refractivity contribution < 1.29 is 9.72 Å². The first kappa shape index (κ1) is 15.1. The number of aryl methyl sites for hydroxylation is 1. The number of ketones is 1. The number of hydrogen-bond acceptors (Lipinski definition) is 6. The van der Waals surface area contributed by atoms with Crippen LogP contribution in [0.1, 0.15) is 9.67 Å². The number of nitrogens with zero attached hydrogens (tertiary/aromatic N) is 3. The van der Waals surface area contributed by atoms with Crippen molar-refractivity contribution >= 4 is 34.4 Å². The number of carbonyl (C=O) groups excluding carboxylic acids is 1. The molecule has 0 unspecified atom stereocenters. The van der Waals surface area contributed by atoms with Crippen LogP contribution in [0.25, 0.3) is 0 Å². The lowest BCUT2D eigenvalue weighted by atomic mass is 10.3. The molecule has 0 saturated heterocycles. The Hall–Kier alpha value is -2.26. The molecule has 0 fully saturated rings. The quantitative estimate of drug-likeness (QED) is 0.473. The monoisotopic (exact) mass is 329 g/mol. The summed E-state index contributed by atoms with van der Waals surface area (Å²) in [6.45, 7) is -0.579. The van der Waals surface area contributed by atoms with Gasteiger partial charge in [-0.05, 0) is 12.1 Å². The van der Waals surface area contributed by atoms with Gasteiger partial charge in [-0.1, -0.05) is 11.6 Å². The van der Waals surface area contributed by atoms with Gasteiger partial charge in [-0.3, -0.25) is 24.3 Å². The molecule has 110 valence electrons. The summed E-state index contributed by atoms with van der Waals surface area (Å²) < 4.78 is 1.81. The number of aromatic nitrogens is 2. The SMILES string of the molecule is Cn1cc([N+](=O)[O-])c(=O)n(CC(=O)c2ccc(Cl)s2)c1=O. The second-order valence-corrected chi connectivity index (χ2v) is 5.80. The predicted octanol–water partition coefficient (Wildman–Crippen LogP) is 1.05. The Balaban J connectivity index is 2.49. The van der Waals surface area contributed by atoms with E-state index in [0.717, 1.165) is 22.1 Å². The van der Waals surface area contributed by atoms with Crippen molar-refractivity contribution in [3.05, 3.63) is 58.5 Å². The van der Waals surface area contributed by atoms with Gasteiger partial charge in [0.1, 0.15) is 0 Å². The van der Waals surface area contributed by atoms with Crippen LogP contribution in [0.2, 0.25) is 4.34 Å². The topological polar surface area (TPSA) is 104 Å². The summed E-state index contributed by atoms with van der Waals surface area (Å²) in [5.41, 5.74) is -2.69. The van der Waals surface area contributed by atoms with Gasteiger partial charge in [-0.25, -0.2) is 9.36 Å². The average molecular weight is 330 g/mol. The minimum atomic E-state index is -1.11. The fourth-order valence-electron chi connectivity index (χ4n) is 1.66. The molecule has 2 aromatic heterocycles. The fourth-order valence-corrected chi connectivity index (χ4v) is 2.63. The lowest BCUT2D eigenvalue weighted by molar-refractivity contribution is -0.387. The summed E-state index contributed by atoms with van der Waals surface area (Å²) in [6, 6.07) is 2.97. The maximum Gasteiger partial charge on any atom is 0.350 e. The molecule has 2 aromatic rings. The third-order valence-electron chi connectivity index (χ3n) is 2.66. The van der Waals surface area contributed by atoms with Gasteiger partial charge in [-0.15, -0.1) is 11.3 Å². The highest BCUT2D eigenvalue weighted by Crippen LogP contribution is 2.21. The number of halogens is 1. The highest BCUT2D eigenvalue weighted by molar-refractivity contribution is 7.18. The van der Waals surface area contributed by atoms with Crippen molar-refractivity contribution in [1.29, 1.82) is 0 Å². The number of rotatable bonds is 4. The second kappa shape index (κ2) is 5.62. The van der Waals surface area contributed by atoms with Crippen molar-refractivity contribution in [1.82, 2.24) is 9.13 Å². The number of thiophene rings is 1. The van der Waals surface area contributed by atoms with Crippen LogP contribution >= 0.6 is 22.9 Å². The van der Waals surface area contributed by atoms with Crippen LogP contribution in [0, 0.1) is 10.1 Å². The van der Waals surface area contributed by atoms with Crippen molar-refractivity contribution in [2.75, 3.05) is 0 Å².